The van der Waals surface area contributed by atoms with E-state index in [2.05, 4.69) is 85.4 Å². The first-order chi connectivity index (χ1) is 12.1. The predicted molar refractivity (Wildman–Crippen MR) is 104 cm³/mol. The Bertz CT molecular complexity index is 775. The second-order valence-electron chi connectivity index (χ2n) is 7.17. The van der Waals surface area contributed by atoms with Crippen molar-refractivity contribution in [3.05, 3.63) is 59.7 Å². The third-order valence-electron chi connectivity index (χ3n) is 5.22. The van der Waals surface area contributed by atoms with Crippen molar-refractivity contribution in [3.8, 4) is 6.07 Å². The Morgan fingerprint density at radius 2 is 1.76 bits per heavy atom. The lowest BCUT2D eigenvalue weighted by atomic mass is 9.73. The maximum absolute atomic E-state index is 10.3. The molecule has 0 aromatic heterocycles. The Labute approximate surface area is 151 Å². The number of benzene rings is 2. The molecule has 2 aromatic rings. The molecule has 0 bridgehead atoms. The fraction of sp³-hybridized carbons (Fsp3) is 0.409. The number of hydrogen-bond acceptors (Lipinski definition) is 3. The van der Waals surface area contributed by atoms with Crippen LogP contribution in [0.5, 0.6) is 0 Å². The first kappa shape index (κ1) is 17.5. The molecule has 1 heterocycles. The van der Waals surface area contributed by atoms with Crippen LogP contribution in [0.3, 0.4) is 0 Å². The summed E-state index contributed by atoms with van der Waals surface area (Å²) in [6.07, 6.45) is 2.67. The first-order valence-electron chi connectivity index (χ1n) is 9.12. The lowest BCUT2D eigenvalue weighted by Crippen LogP contribution is -2.29. The van der Waals surface area contributed by atoms with Crippen molar-refractivity contribution in [1.29, 1.82) is 5.26 Å². The molecule has 1 atom stereocenters. The van der Waals surface area contributed by atoms with Crippen LogP contribution in [0.2, 0.25) is 0 Å². The van der Waals surface area contributed by atoms with Gasteiger partial charge in [-0.1, -0.05) is 36.4 Å². The molecule has 1 unspecified atom stereocenters. The third-order valence-corrected chi connectivity index (χ3v) is 5.22. The van der Waals surface area contributed by atoms with Crippen molar-refractivity contribution in [3.63, 3.8) is 0 Å². The fourth-order valence-corrected chi connectivity index (χ4v) is 4.00. The SMILES string of the molecule is CCN1c2ccccc2CC(C#N)(CCCN(C)C)c2ccccc21. The van der Waals surface area contributed by atoms with E-state index in [1.807, 2.05) is 0 Å². The molecule has 1 aliphatic heterocycles. The largest absolute Gasteiger partial charge is 0.341 e. The van der Waals surface area contributed by atoms with Gasteiger partial charge in [0.15, 0.2) is 0 Å². The topological polar surface area (TPSA) is 30.3 Å². The highest BCUT2D eigenvalue weighted by atomic mass is 15.1. The Balaban J connectivity index is 2.13. The summed E-state index contributed by atoms with van der Waals surface area (Å²) in [4.78, 5) is 4.55. The van der Waals surface area contributed by atoms with E-state index in [-0.39, 0.29) is 0 Å². The summed E-state index contributed by atoms with van der Waals surface area (Å²) in [5, 5.41) is 10.3. The number of rotatable bonds is 5. The van der Waals surface area contributed by atoms with Gasteiger partial charge in [-0.2, -0.15) is 5.26 Å². The van der Waals surface area contributed by atoms with E-state index in [9.17, 15) is 5.26 Å². The average molecular weight is 333 g/mol. The second kappa shape index (κ2) is 7.29. The smallest absolute Gasteiger partial charge is 0.0883 e. The molecule has 2 aromatic carbocycles. The summed E-state index contributed by atoms with van der Waals surface area (Å²) in [6.45, 7) is 4.08. The summed E-state index contributed by atoms with van der Waals surface area (Å²) in [6, 6.07) is 19.7. The van der Waals surface area contributed by atoms with E-state index < -0.39 is 5.41 Å². The number of nitriles is 1. The number of para-hydroxylation sites is 2. The van der Waals surface area contributed by atoms with E-state index >= 15 is 0 Å². The van der Waals surface area contributed by atoms with E-state index in [1.165, 1.54) is 22.5 Å². The molecule has 3 rings (SSSR count). The van der Waals surface area contributed by atoms with Crippen molar-refractivity contribution >= 4 is 11.4 Å². The molecule has 0 radical (unpaired) electrons. The van der Waals surface area contributed by atoms with Gasteiger partial charge in [0.2, 0.25) is 0 Å². The van der Waals surface area contributed by atoms with Gasteiger partial charge in [-0.3, -0.25) is 0 Å². The van der Waals surface area contributed by atoms with Crippen molar-refractivity contribution in [2.45, 2.75) is 31.6 Å². The summed E-state index contributed by atoms with van der Waals surface area (Å²) < 4.78 is 0. The maximum Gasteiger partial charge on any atom is 0.0883 e. The van der Waals surface area contributed by atoms with Crippen molar-refractivity contribution in [2.75, 3.05) is 32.1 Å². The molecule has 0 saturated carbocycles. The lowest BCUT2D eigenvalue weighted by Gasteiger charge is -2.29. The van der Waals surface area contributed by atoms with E-state index in [0.29, 0.717) is 0 Å². The third kappa shape index (κ3) is 3.27. The van der Waals surface area contributed by atoms with Gasteiger partial charge in [0.25, 0.3) is 0 Å². The van der Waals surface area contributed by atoms with Crippen LogP contribution >= 0.6 is 0 Å². The summed E-state index contributed by atoms with van der Waals surface area (Å²) in [7, 11) is 4.18. The zero-order valence-corrected chi connectivity index (χ0v) is 15.5. The molecule has 0 N–H and O–H groups in total. The molecule has 3 nitrogen and oxygen atoms in total. The van der Waals surface area contributed by atoms with Gasteiger partial charge in [-0.25, -0.2) is 0 Å². The summed E-state index contributed by atoms with van der Waals surface area (Å²) in [5.74, 6) is 0. The van der Waals surface area contributed by atoms with Gasteiger partial charge in [-0.05, 0) is 70.1 Å². The van der Waals surface area contributed by atoms with Gasteiger partial charge in [-0.15, -0.1) is 0 Å². The molecule has 0 fully saturated rings. The highest BCUT2D eigenvalue weighted by molar-refractivity contribution is 5.73. The van der Waals surface area contributed by atoms with Crippen LogP contribution in [0.1, 0.15) is 30.9 Å². The van der Waals surface area contributed by atoms with Crippen molar-refractivity contribution < 1.29 is 0 Å². The van der Waals surface area contributed by atoms with E-state index in [0.717, 1.165) is 32.4 Å². The number of fused-ring (bicyclic) bond motifs is 2. The molecule has 3 heteroatoms. The highest BCUT2D eigenvalue weighted by Gasteiger charge is 2.38. The van der Waals surface area contributed by atoms with Crippen LogP contribution in [-0.4, -0.2) is 32.1 Å². The molecule has 0 amide bonds. The minimum absolute atomic E-state index is 0.466. The summed E-state index contributed by atoms with van der Waals surface area (Å²) >= 11 is 0. The predicted octanol–water partition coefficient (Wildman–Crippen LogP) is 4.50. The molecule has 130 valence electrons. The van der Waals surface area contributed by atoms with Crippen LogP contribution in [0, 0.1) is 11.3 Å². The molecule has 0 spiro atoms. The quantitative estimate of drug-likeness (QED) is 0.807. The summed E-state index contributed by atoms with van der Waals surface area (Å²) in [5.41, 5.74) is 4.40. The minimum Gasteiger partial charge on any atom is -0.341 e. The lowest BCUT2D eigenvalue weighted by molar-refractivity contribution is 0.367. The van der Waals surface area contributed by atoms with Crippen molar-refractivity contribution in [1.82, 2.24) is 4.90 Å². The van der Waals surface area contributed by atoms with Crippen LogP contribution in [-0.2, 0) is 11.8 Å². The van der Waals surface area contributed by atoms with Crippen LogP contribution in [0.25, 0.3) is 0 Å². The van der Waals surface area contributed by atoms with Crippen molar-refractivity contribution in [2.24, 2.45) is 0 Å². The van der Waals surface area contributed by atoms with Gasteiger partial charge in [0.05, 0.1) is 11.5 Å². The Kier molecular flexibility index (Phi) is 5.11. The molecule has 0 aliphatic carbocycles. The maximum atomic E-state index is 10.3. The van der Waals surface area contributed by atoms with E-state index in [4.69, 9.17) is 0 Å². The number of nitrogens with zero attached hydrogens (tertiary/aromatic N) is 3. The minimum atomic E-state index is -0.466. The Morgan fingerprint density at radius 1 is 1.08 bits per heavy atom. The monoisotopic (exact) mass is 333 g/mol. The molecule has 1 aliphatic rings. The molecule has 25 heavy (non-hydrogen) atoms. The van der Waals surface area contributed by atoms with Gasteiger partial charge in [0.1, 0.15) is 0 Å². The number of anilines is 2. The average Bonchev–Trinajstić information content (AvgIpc) is 2.74. The van der Waals surface area contributed by atoms with Crippen LogP contribution < -0.4 is 4.90 Å². The normalized spacial score (nSPS) is 19.1. The van der Waals surface area contributed by atoms with Gasteiger partial charge in [0, 0.05) is 17.9 Å². The van der Waals surface area contributed by atoms with Gasteiger partial charge >= 0.3 is 0 Å². The van der Waals surface area contributed by atoms with Gasteiger partial charge < -0.3 is 9.80 Å². The van der Waals surface area contributed by atoms with Crippen LogP contribution in [0.15, 0.2) is 48.5 Å². The second-order valence-corrected chi connectivity index (χ2v) is 7.17. The zero-order valence-electron chi connectivity index (χ0n) is 15.5. The molecular formula is C22H27N3. The van der Waals surface area contributed by atoms with E-state index in [1.54, 1.807) is 0 Å². The Hall–Kier alpha value is -2.31. The first-order valence-corrected chi connectivity index (χ1v) is 9.12. The number of hydrogen-bond donors (Lipinski definition) is 0. The fourth-order valence-electron chi connectivity index (χ4n) is 4.00. The Morgan fingerprint density at radius 3 is 2.44 bits per heavy atom. The molecule has 0 saturated heterocycles. The molecular weight excluding hydrogens is 306 g/mol. The highest BCUT2D eigenvalue weighted by Crippen LogP contribution is 2.45. The van der Waals surface area contributed by atoms with Crippen LogP contribution in [0.4, 0.5) is 11.4 Å². The standard InChI is InChI=1S/C22H27N3/c1-4-25-20-12-7-5-10-18(20)16-22(17-23,14-9-15-24(2)3)19-11-6-8-13-21(19)25/h5-8,10-13H,4,9,14-16H2,1-3H3. The zero-order chi connectivity index (χ0) is 17.9.